The molecule has 1 heterocycles. The van der Waals surface area contributed by atoms with E-state index in [0.29, 0.717) is 12.8 Å². The van der Waals surface area contributed by atoms with Gasteiger partial charge in [0.15, 0.2) is 0 Å². The number of esters is 1. The van der Waals surface area contributed by atoms with Crippen molar-refractivity contribution in [3.05, 3.63) is 12.2 Å². The summed E-state index contributed by atoms with van der Waals surface area (Å²) >= 11 is 0. The molecule has 5 atom stereocenters. The van der Waals surface area contributed by atoms with Crippen LogP contribution < -0.4 is 0 Å². The topological polar surface area (TPSA) is 107 Å². The van der Waals surface area contributed by atoms with Gasteiger partial charge in [-0.2, -0.15) is 0 Å². The SMILES string of the molecule is CCCCCC1CCCCC[C@@H](O)C(O)[C@H](O)[C@H](O)/C=C/C(=O)O1. The third kappa shape index (κ3) is 7.75. The largest absolute Gasteiger partial charge is 0.459 e. The van der Waals surface area contributed by atoms with Crippen molar-refractivity contribution in [1.82, 2.24) is 0 Å². The van der Waals surface area contributed by atoms with Crippen LogP contribution in [0.3, 0.4) is 0 Å². The normalized spacial score (nSPS) is 35.0. The maximum atomic E-state index is 11.9. The van der Waals surface area contributed by atoms with Crippen molar-refractivity contribution >= 4 is 5.97 Å². The van der Waals surface area contributed by atoms with Crippen molar-refractivity contribution < 1.29 is 30.0 Å². The Kier molecular flexibility index (Phi) is 10.2. The molecule has 0 amide bonds. The fourth-order valence-electron chi connectivity index (χ4n) is 2.88. The van der Waals surface area contributed by atoms with E-state index in [4.69, 9.17) is 4.74 Å². The highest BCUT2D eigenvalue weighted by Gasteiger charge is 2.29. The van der Waals surface area contributed by atoms with Gasteiger partial charge in [0.25, 0.3) is 0 Å². The van der Waals surface area contributed by atoms with E-state index in [9.17, 15) is 25.2 Å². The number of carbonyl (C=O) groups excluding carboxylic acids is 1. The van der Waals surface area contributed by atoms with Crippen molar-refractivity contribution in [2.45, 2.75) is 95.2 Å². The molecular formula is C18H32O6. The molecule has 140 valence electrons. The number of hydrogen-bond donors (Lipinski definition) is 4. The Morgan fingerprint density at radius 1 is 1.04 bits per heavy atom. The van der Waals surface area contributed by atoms with Gasteiger partial charge in [0.05, 0.1) is 6.10 Å². The molecule has 0 fully saturated rings. The van der Waals surface area contributed by atoms with Crippen LogP contribution in [0.1, 0.15) is 64.7 Å². The van der Waals surface area contributed by atoms with Crippen molar-refractivity contribution in [1.29, 1.82) is 0 Å². The van der Waals surface area contributed by atoms with Crippen LogP contribution in [0.5, 0.6) is 0 Å². The number of hydrogen-bond acceptors (Lipinski definition) is 6. The quantitative estimate of drug-likeness (QED) is 0.454. The molecule has 0 saturated heterocycles. The summed E-state index contributed by atoms with van der Waals surface area (Å²) in [5.41, 5.74) is 0. The molecule has 0 radical (unpaired) electrons. The fraction of sp³-hybridized carbons (Fsp3) is 0.833. The lowest BCUT2D eigenvalue weighted by Gasteiger charge is -2.25. The van der Waals surface area contributed by atoms with Crippen LogP contribution in [0.25, 0.3) is 0 Å². The van der Waals surface area contributed by atoms with Gasteiger partial charge in [-0.1, -0.05) is 32.6 Å². The molecular weight excluding hydrogens is 312 g/mol. The van der Waals surface area contributed by atoms with Gasteiger partial charge in [-0.15, -0.1) is 0 Å². The van der Waals surface area contributed by atoms with Crippen LogP contribution in [0, 0.1) is 0 Å². The van der Waals surface area contributed by atoms with Crippen molar-refractivity contribution in [3.63, 3.8) is 0 Å². The van der Waals surface area contributed by atoms with Crippen LogP contribution >= 0.6 is 0 Å². The Labute approximate surface area is 144 Å². The van der Waals surface area contributed by atoms with Gasteiger partial charge >= 0.3 is 5.97 Å². The maximum absolute atomic E-state index is 11.9. The number of carbonyl (C=O) groups is 1. The Morgan fingerprint density at radius 2 is 1.75 bits per heavy atom. The van der Waals surface area contributed by atoms with Crippen molar-refractivity contribution in [2.75, 3.05) is 0 Å². The van der Waals surface area contributed by atoms with E-state index in [2.05, 4.69) is 6.92 Å². The average Bonchev–Trinajstić information content (AvgIpc) is 2.56. The lowest BCUT2D eigenvalue weighted by molar-refractivity contribution is -0.144. The lowest BCUT2D eigenvalue weighted by atomic mass is 9.97. The highest BCUT2D eigenvalue weighted by atomic mass is 16.5. The Balaban J connectivity index is 2.71. The highest BCUT2D eigenvalue weighted by molar-refractivity contribution is 5.82. The third-order valence-corrected chi connectivity index (χ3v) is 4.46. The first-order valence-electron chi connectivity index (χ1n) is 9.06. The minimum atomic E-state index is -1.55. The Morgan fingerprint density at radius 3 is 2.46 bits per heavy atom. The van der Waals surface area contributed by atoms with Crippen LogP contribution in [0.4, 0.5) is 0 Å². The van der Waals surface area contributed by atoms with E-state index in [0.717, 1.165) is 57.1 Å². The first kappa shape index (κ1) is 21.1. The molecule has 1 aliphatic rings. The first-order valence-corrected chi connectivity index (χ1v) is 9.06. The predicted molar refractivity (Wildman–Crippen MR) is 90.3 cm³/mol. The Bertz CT molecular complexity index is 384. The van der Waals surface area contributed by atoms with Gasteiger partial charge in [-0.05, 0) is 38.2 Å². The maximum Gasteiger partial charge on any atom is 0.330 e. The second-order valence-electron chi connectivity index (χ2n) is 6.59. The zero-order valence-electron chi connectivity index (χ0n) is 14.5. The van der Waals surface area contributed by atoms with Gasteiger partial charge in [0, 0.05) is 6.08 Å². The minimum Gasteiger partial charge on any atom is -0.459 e. The highest BCUT2D eigenvalue weighted by Crippen LogP contribution is 2.18. The number of cyclic esters (lactones) is 1. The summed E-state index contributed by atoms with van der Waals surface area (Å²) < 4.78 is 5.44. The monoisotopic (exact) mass is 344 g/mol. The minimum absolute atomic E-state index is 0.144. The predicted octanol–water partition coefficient (Wildman–Crippen LogP) is 1.44. The second kappa shape index (κ2) is 11.6. The summed E-state index contributed by atoms with van der Waals surface area (Å²) in [6, 6.07) is 0. The molecule has 1 rings (SSSR count). The zero-order chi connectivity index (χ0) is 17.9. The molecule has 6 heteroatoms. The molecule has 0 bridgehead atoms. The summed E-state index contributed by atoms with van der Waals surface area (Å²) in [6.45, 7) is 2.12. The summed E-state index contributed by atoms with van der Waals surface area (Å²) in [5, 5.41) is 39.4. The molecule has 0 aliphatic carbocycles. The molecule has 1 aliphatic heterocycles. The average molecular weight is 344 g/mol. The van der Waals surface area contributed by atoms with Crippen molar-refractivity contribution in [3.8, 4) is 0 Å². The molecule has 2 unspecified atom stereocenters. The summed E-state index contributed by atoms with van der Waals surface area (Å²) in [7, 11) is 0. The fourth-order valence-corrected chi connectivity index (χ4v) is 2.88. The third-order valence-electron chi connectivity index (χ3n) is 4.46. The summed E-state index contributed by atoms with van der Waals surface area (Å²) in [4.78, 5) is 11.9. The number of ether oxygens (including phenoxy) is 1. The van der Waals surface area contributed by atoms with E-state index in [1.807, 2.05) is 0 Å². The van der Waals surface area contributed by atoms with Gasteiger partial charge in [-0.25, -0.2) is 4.79 Å². The van der Waals surface area contributed by atoms with Gasteiger partial charge in [-0.3, -0.25) is 0 Å². The van der Waals surface area contributed by atoms with E-state index in [1.54, 1.807) is 0 Å². The number of rotatable bonds is 4. The van der Waals surface area contributed by atoms with E-state index in [-0.39, 0.29) is 6.10 Å². The zero-order valence-corrected chi connectivity index (χ0v) is 14.5. The smallest absolute Gasteiger partial charge is 0.330 e. The van der Waals surface area contributed by atoms with E-state index in [1.165, 1.54) is 0 Å². The molecule has 0 saturated carbocycles. The molecule has 4 N–H and O–H groups in total. The van der Waals surface area contributed by atoms with Gasteiger partial charge in [0.2, 0.25) is 0 Å². The second-order valence-corrected chi connectivity index (χ2v) is 6.59. The Hall–Kier alpha value is -0.950. The summed E-state index contributed by atoms with van der Waals surface area (Å²) in [5.74, 6) is -0.560. The number of unbranched alkanes of at least 4 members (excludes halogenated alkanes) is 2. The number of aliphatic hydroxyl groups is 4. The van der Waals surface area contributed by atoms with Crippen molar-refractivity contribution in [2.24, 2.45) is 0 Å². The van der Waals surface area contributed by atoms with Crippen LogP contribution in [0.2, 0.25) is 0 Å². The van der Waals surface area contributed by atoms with Gasteiger partial charge < -0.3 is 25.2 Å². The van der Waals surface area contributed by atoms with E-state index >= 15 is 0 Å². The molecule has 0 aromatic carbocycles. The molecule has 6 nitrogen and oxygen atoms in total. The summed E-state index contributed by atoms with van der Waals surface area (Å²) in [6.07, 6.45) is 4.06. The molecule has 24 heavy (non-hydrogen) atoms. The van der Waals surface area contributed by atoms with Gasteiger partial charge in [0.1, 0.15) is 24.4 Å². The van der Waals surface area contributed by atoms with Crippen LogP contribution in [-0.2, 0) is 9.53 Å². The molecule has 0 spiro atoms. The van der Waals surface area contributed by atoms with Crippen LogP contribution in [0.15, 0.2) is 12.2 Å². The molecule has 0 aromatic rings. The first-order chi connectivity index (χ1) is 11.5. The van der Waals surface area contributed by atoms with Crippen LogP contribution in [-0.4, -0.2) is 56.9 Å². The van der Waals surface area contributed by atoms with E-state index < -0.39 is 30.4 Å². The standard InChI is InChI=1S/C18H32O6/c1-2-3-5-8-13-9-6-4-7-10-14(19)17(22)18(23)15(20)11-12-16(21)24-13/h11-15,17-20,22-23H,2-10H2,1H3/b12-11+/t13?,14-,15-,17?,18-/m1/s1. The number of aliphatic hydroxyl groups excluding tert-OH is 4. The molecule has 0 aromatic heterocycles. The lowest BCUT2D eigenvalue weighted by Crippen LogP contribution is -2.43.